The van der Waals surface area contributed by atoms with Crippen LogP contribution in [0.15, 0.2) is 0 Å². The molecule has 8 heteroatoms. The fourth-order valence-electron chi connectivity index (χ4n) is 1.17. The monoisotopic (exact) mass is 219 g/mol. The van der Waals surface area contributed by atoms with Crippen molar-refractivity contribution in [2.45, 2.75) is 24.9 Å². The lowest BCUT2D eigenvalue weighted by Gasteiger charge is -2.30. The average molecular weight is 219 g/mol. The van der Waals surface area contributed by atoms with Gasteiger partial charge in [-0.1, -0.05) is 0 Å². The van der Waals surface area contributed by atoms with Crippen LogP contribution in [0, 0.1) is 0 Å². The van der Waals surface area contributed by atoms with E-state index in [0.717, 1.165) is 0 Å². The molecule has 4 amide bonds. The molecule has 0 spiro atoms. The molecule has 8 nitrogen and oxygen atoms in total. The number of primary amides is 1. The van der Waals surface area contributed by atoms with Gasteiger partial charge in [0.15, 0.2) is 0 Å². The first-order chi connectivity index (χ1) is 6.99. The van der Waals surface area contributed by atoms with E-state index in [1.54, 1.807) is 5.32 Å². The summed E-state index contributed by atoms with van der Waals surface area (Å²) in [5.41, 5.74) is 4.71. The van der Waals surface area contributed by atoms with Gasteiger partial charge in [-0.15, -0.1) is 0 Å². The number of amides is 4. The fourth-order valence-corrected chi connectivity index (χ4v) is 1.17. The maximum atomic E-state index is 11.0. The Bertz CT molecular complexity index is 259. The van der Waals surface area contributed by atoms with Crippen molar-refractivity contribution in [3.8, 4) is 0 Å². The predicted molar refractivity (Wildman–Crippen MR) is 47.6 cm³/mol. The Balaban J connectivity index is 2.33. The molecule has 0 aromatic rings. The summed E-state index contributed by atoms with van der Waals surface area (Å²) in [6, 6.07) is -1.79. The summed E-state index contributed by atoms with van der Waals surface area (Å²) in [7, 11) is 0. The molecule has 0 unspecified atom stereocenters. The molecule has 86 valence electrons. The van der Waals surface area contributed by atoms with Crippen molar-refractivity contribution >= 4 is 12.1 Å². The van der Waals surface area contributed by atoms with Crippen LogP contribution in [0.4, 0.5) is 9.59 Å². The zero-order valence-corrected chi connectivity index (χ0v) is 7.84. The van der Waals surface area contributed by atoms with E-state index in [1.807, 2.05) is 0 Å². The Morgan fingerprint density at radius 2 is 2.00 bits per heavy atom. The molecule has 1 aliphatic heterocycles. The van der Waals surface area contributed by atoms with Gasteiger partial charge in [-0.3, -0.25) is 5.32 Å². The molecule has 0 aromatic heterocycles. The van der Waals surface area contributed by atoms with Gasteiger partial charge in [0.1, 0.15) is 12.3 Å². The van der Waals surface area contributed by atoms with Crippen LogP contribution in [0.25, 0.3) is 0 Å². The number of hydrogen-bond donors (Lipinski definition) is 5. The highest BCUT2D eigenvalue weighted by Crippen LogP contribution is 2.12. The smallest absolute Gasteiger partial charge is 0.324 e. The lowest BCUT2D eigenvalue weighted by atomic mass is 10.1. The van der Waals surface area contributed by atoms with Crippen molar-refractivity contribution in [3.05, 3.63) is 0 Å². The van der Waals surface area contributed by atoms with Crippen LogP contribution in [0.3, 0.4) is 0 Å². The van der Waals surface area contributed by atoms with Gasteiger partial charge in [-0.25, -0.2) is 9.59 Å². The third-order valence-corrected chi connectivity index (χ3v) is 1.90. The van der Waals surface area contributed by atoms with E-state index in [4.69, 9.17) is 15.6 Å². The number of rotatable bonds is 1. The van der Waals surface area contributed by atoms with Crippen molar-refractivity contribution in [3.63, 3.8) is 0 Å². The van der Waals surface area contributed by atoms with Crippen molar-refractivity contribution < 1.29 is 24.5 Å². The first-order valence-electron chi connectivity index (χ1n) is 4.33. The summed E-state index contributed by atoms with van der Waals surface area (Å²) in [6.45, 7) is -0.0807. The Morgan fingerprint density at radius 3 is 2.53 bits per heavy atom. The summed E-state index contributed by atoms with van der Waals surface area (Å²) in [4.78, 5) is 21.3. The van der Waals surface area contributed by atoms with E-state index in [2.05, 4.69) is 5.32 Å². The number of nitrogens with two attached hydrogens (primary N) is 1. The van der Waals surface area contributed by atoms with Crippen molar-refractivity contribution in [1.29, 1.82) is 0 Å². The van der Waals surface area contributed by atoms with E-state index in [0.29, 0.717) is 0 Å². The number of carbonyl (C=O) groups excluding carboxylic acids is 2. The number of carbonyl (C=O) groups is 2. The highest BCUT2D eigenvalue weighted by atomic mass is 16.5. The molecule has 1 fully saturated rings. The van der Waals surface area contributed by atoms with Crippen LogP contribution in [-0.2, 0) is 4.74 Å². The second-order valence-corrected chi connectivity index (χ2v) is 3.16. The fraction of sp³-hybridized carbons (Fsp3) is 0.714. The second-order valence-electron chi connectivity index (χ2n) is 3.16. The summed E-state index contributed by atoms with van der Waals surface area (Å²) < 4.78 is 4.98. The SMILES string of the molecule is NC(=O)NC(=O)N[C@@H]1C[C@H](O)[C@@H](O)CO1. The van der Waals surface area contributed by atoms with E-state index in [-0.39, 0.29) is 13.0 Å². The first-order valence-corrected chi connectivity index (χ1v) is 4.33. The number of ether oxygens (including phenoxy) is 1. The van der Waals surface area contributed by atoms with Gasteiger partial charge in [0, 0.05) is 6.42 Å². The molecule has 1 heterocycles. The lowest BCUT2D eigenvalue weighted by Crippen LogP contribution is -2.52. The Kier molecular flexibility index (Phi) is 3.83. The largest absolute Gasteiger partial charge is 0.390 e. The molecule has 1 rings (SSSR count). The van der Waals surface area contributed by atoms with Gasteiger partial charge < -0.3 is 26.0 Å². The summed E-state index contributed by atoms with van der Waals surface area (Å²) in [5, 5.41) is 22.4. The third-order valence-electron chi connectivity index (χ3n) is 1.90. The molecule has 0 aromatic carbocycles. The summed E-state index contributed by atoms with van der Waals surface area (Å²) >= 11 is 0. The second kappa shape index (κ2) is 4.91. The van der Waals surface area contributed by atoms with Crippen LogP contribution in [0.5, 0.6) is 0 Å². The van der Waals surface area contributed by atoms with Gasteiger partial charge in [0.05, 0.1) is 12.7 Å². The molecule has 0 radical (unpaired) electrons. The molecule has 1 saturated heterocycles. The lowest BCUT2D eigenvalue weighted by molar-refractivity contribution is -0.125. The molecular weight excluding hydrogens is 206 g/mol. The minimum Gasteiger partial charge on any atom is -0.390 e. The highest BCUT2D eigenvalue weighted by molar-refractivity contribution is 5.92. The van der Waals surface area contributed by atoms with Crippen molar-refractivity contribution in [1.82, 2.24) is 10.6 Å². The highest BCUT2D eigenvalue weighted by Gasteiger charge is 2.29. The molecular formula is C7H13N3O5. The maximum absolute atomic E-state index is 11.0. The molecule has 3 atom stereocenters. The number of aliphatic hydroxyl groups is 2. The summed E-state index contributed by atoms with van der Waals surface area (Å²) in [5.74, 6) is 0. The zero-order chi connectivity index (χ0) is 11.4. The Labute approximate surface area is 85.4 Å². The van der Waals surface area contributed by atoms with E-state index in [9.17, 15) is 14.7 Å². The van der Waals surface area contributed by atoms with Gasteiger partial charge >= 0.3 is 12.1 Å². The van der Waals surface area contributed by atoms with Crippen LogP contribution in [-0.4, -0.2) is 47.3 Å². The summed E-state index contributed by atoms with van der Waals surface area (Å²) in [6.07, 6.45) is -2.62. The number of imide groups is 1. The molecule has 6 N–H and O–H groups in total. The van der Waals surface area contributed by atoms with Crippen LogP contribution < -0.4 is 16.4 Å². The van der Waals surface area contributed by atoms with Gasteiger partial charge in [-0.05, 0) is 0 Å². The van der Waals surface area contributed by atoms with Crippen LogP contribution in [0.1, 0.15) is 6.42 Å². The number of hydrogen-bond acceptors (Lipinski definition) is 5. The molecule has 0 bridgehead atoms. The minimum absolute atomic E-state index is 0.0490. The van der Waals surface area contributed by atoms with Crippen molar-refractivity contribution in [2.75, 3.05) is 6.61 Å². The zero-order valence-electron chi connectivity index (χ0n) is 7.84. The predicted octanol–water partition coefficient (Wildman–Crippen LogP) is -2.17. The van der Waals surface area contributed by atoms with E-state index in [1.165, 1.54) is 0 Å². The maximum Gasteiger partial charge on any atom is 0.324 e. The van der Waals surface area contributed by atoms with Crippen LogP contribution in [0.2, 0.25) is 0 Å². The third kappa shape index (κ3) is 3.70. The Hall–Kier alpha value is -1.38. The standard InChI is InChI=1S/C7H13N3O5/c8-6(13)10-7(14)9-5-1-3(11)4(12)2-15-5/h3-5,11-12H,1-2H2,(H4,8,9,10,13,14)/t3-,4-,5-/m0/s1. The Morgan fingerprint density at radius 1 is 1.33 bits per heavy atom. The molecule has 0 saturated carbocycles. The van der Waals surface area contributed by atoms with Crippen LogP contribution >= 0.6 is 0 Å². The van der Waals surface area contributed by atoms with Crippen molar-refractivity contribution in [2.24, 2.45) is 5.73 Å². The number of urea groups is 2. The first kappa shape index (κ1) is 11.7. The molecule has 1 aliphatic rings. The normalized spacial score (nSPS) is 30.7. The number of aliphatic hydroxyl groups excluding tert-OH is 2. The molecule has 15 heavy (non-hydrogen) atoms. The molecule has 0 aliphatic carbocycles. The number of nitrogens with one attached hydrogen (secondary N) is 2. The quantitative estimate of drug-likeness (QED) is 0.342. The average Bonchev–Trinajstić information content (AvgIpc) is 2.10. The van der Waals surface area contributed by atoms with Gasteiger partial charge in [-0.2, -0.15) is 0 Å². The van der Waals surface area contributed by atoms with Gasteiger partial charge in [0.25, 0.3) is 0 Å². The van der Waals surface area contributed by atoms with Gasteiger partial charge in [0.2, 0.25) is 0 Å². The topological polar surface area (TPSA) is 134 Å². The van der Waals surface area contributed by atoms with E-state index < -0.39 is 30.5 Å². The van der Waals surface area contributed by atoms with E-state index >= 15 is 0 Å². The minimum atomic E-state index is -0.983.